The van der Waals surface area contributed by atoms with E-state index in [1.807, 2.05) is 0 Å². The van der Waals surface area contributed by atoms with Crippen LogP contribution in [-0.2, 0) is 9.09 Å². The third kappa shape index (κ3) is 3.19. The first kappa shape index (κ1) is 8.15. The summed E-state index contributed by atoms with van der Waals surface area (Å²) in [4.78, 5) is 8.66. The van der Waals surface area contributed by atoms with E-state index >= 15 is 0 Å². The lowest BCUT2D eigenvalue weighted by Gasteiger charge is -2.05. The van der Waals surface area contributed by atoms with Crippen LogP contribution in [0.1, 0.15) is 13.8 Å². The summed E-state index contributed by atoms with van der Waals surface area (Å²) in [5, 5.41) is 0. The Bertz CT molecular complexity index is 101. The normalized spacial score (nSPS) is 17.9. The molecule has 0 spiro atoms. The van der Waals surface area contributed by atoms with Gasteiger partial charge in [-0.3, -0.25) is 4.57 Å². The van der Waals surface area contributed by atoms with Gasteiger partial charge < -0.3 is 9.42 Å². The van der Waals surface area contributed by atoms with Crippen LogP contribution in [0.25, 0.3) is 0 Å². The zero-order valence-corrected chi connectivity index (χ0v) is 6.02. The Balaban J connectivity index is 3.55. The fraction of sp³-hybridized carbons (Fsp3) is 1.00. The van der Waals surface area contributed by atoms with Crippen molar-refractivity contribution in [2.45, 2.75) is 13.8 Å². The molecule has 8 heavy (non-hydrogen) atoms. The Morgan fingerprint density at radius 2 is 2.12 bits per heavy atom. The van der Waals surface area contributed by atoms with Crippen LogP contribution >= 0.6 is 7.60 Å². The Labute approximate surface area is 49.2 Å². The highest BCUT2D eigenvalue weighted by Crippen LogP contribution is 2.40. The van der Waals surface area contributed by atoms with Gasteiger partial charge in [0.05, 0.1) is 6.61 Å². The Morgan fingerprint density at radius 3 is 2.25 bits per heavy atom. The van der Waals surface area contributed by atoms with Gasteiger partial charge >= 0.3 is 7.60 Å². The van der Waals surface area contributed by atoms with Gasteiger partial charge in [0.15, 0.2) is 0 Å². The van der Waals surface area contributed by atoms with Crippen LogP contribution in [0.2, 0.25) is 0 Å². The average Bonchev–Trinajstić information content (AvgIpc) is 1.67. The van der Waals surface area contributed by atoms with Crippen molar-refractivity contribution < 1.29 is 14.0 Å². The summed E-state index contributed by atoms with van der Waals surface area (Å²) in [6.45, 7) is 3.62. The fourth-order valence-electron chi connectivity index (χ4n) is 0.293. The average molecular weight is 138 g/mol. The molecule has 0 saturated carbocycles. The quantitative estimate of drug-likeness (QED) is 0.596. The summed E-state index contributed by atoms with van der Waals surface area (Å²) in [6, 6.07) is 0. The largest absolute Gasteiger partial charge is 0.327 e. The predicted octanol–water partition coefficient (Wildman–Crippen LogP) is 1.23. The molecule has 0 bridgehead atoms. The van der Waals surface area contributed by atoms with Gasteiger partial charge in [-0.1, -0.05) is 6.92 Å². The van der Waals surface area contributed by atoms with Crippen molar-refractivity contribution in [2.75, 3.05) is 12.8 Å². The third-order valence-corrected chi connectivity index (χ3v) is 2.19. The van der Waals surface area contributed by atoms with Crippen molar-refractivity contribution in [1.29, 1.82) is 0 Å². The molecule has 0 aliphatic rings. The second-order valence-corrected chi connectivity index (χ2v) is 3.54. The van der Waals surface area contributed by atoms with E-state index in [4.69, 9.17) is 4.89 Å². The maximum absolute atomic E-state index is 10.5. The van der Waals surface area contributed by atoms with Crippen LogP contribution in [0.15, 0.2) is 0 Å². The van der Waals surface area contributed by atoms with E-state index in [-0.39, 0.29) is 6.16 Å². The predicted molar refractivity (Wildman–Crippen MR) is 32.0 cm³/mol. The first-order chi connectivity index (χ1) is 3.62. The van der Waals surface area contributed by atoms with Gasteiger partial charge in [0.2, 0.25) is 0 Å². The first-order valence-electron chi connectivity index (χ1n) is 2.58. The number of rotatable bonds is 3. The smallest absolute Gasteiger partial charge is 0.324 e. The van der Waals surface area contributed by atoms with Crippen molar-refractivity contribution in [3.05, 3.63) is 0 Å². The van der Waals surface area contributed by atoms with Crippen molar-refractivity contribution in [3.8, 4) is 0 Å². The van der Waals surface area contributed by atoms with E-state index in [1.165, 1.54) is 0 Å². The van der Waals surface area contributed by atoms with Crippen molar-refractivity contribution in [1.82, 2.24) is 0 Å². The van der Waals surface area contributed by atoms with Crippen molar-refractivity contribution in [2.24, 2.45) is 0 Å². The molecule has 0 saturated heterocycles. The Morgan fingerprint density at radius 1 is 1.62 bits per heavy atom. The molecule has 0 heterocycles. The van der Waals surface area contributed by atoms with Gasteiger partial charge in [-0.25, -0.2) is 0 Å². The summed E-state index contributed by atoms with van der Waals surface area (Å²) >= 11 is 0. The van der Waals surface area contributed by atoms with Crippen LogP contribution in [0.4, 0.5) is 0 Å². The standard InChI is InChI=1S/C4H11O3P/c1-3-7-8(5,6)4-2/h3-4H2,1-2H3,(H,5,6). The summed E-state index contributed by atoms with van der Waals surface area (Å²) in [7, 11) is -3.17. The van der Waals surface area contributed by atoms with E-state index in [1.54, 1.807) is 13.8 Å². The molecule has 0 amide bonds. The van der Waals surface area contributed by atoms with Crippen LogP contribution in [0.3, 0.4) is 0 Å². The van der Waals surface area contributed by atoms with Crippen LogP contribution in [-0.4, -0.2) is 17.7 Å². The van der Waals surface area contributed by atoms with Crippen molar-refractivity contribution >= 4 is 7.60 Å². The zero-order valence-electron chi connectivity index (χ0n) is 5.13. The molecule has 0 rings (SSSR count). The van der Waals surface area contributed by atoms with Crippen LogP contribution < -0.4 is 0 Å². The molecule has 1 unspecified atom stereocenters. The van der Waals surface area contributed by atoms with Gasteiger partial charge in [0.1, 0.15) is 0 Å². The monoisotopic (exact) mass is 138 g/mol. The van der Waals surface area contributed by atoms with Gasteiger partial charge in [-0.2, -0.15) is 0 Å². The highest BCUT2D eigenvalue weighted by atomic mass is 31.2. The van der Waals surface area contributed by atoms with Gasteiger partial charge in [-0.05, 0) is 6.92 Å². The summed E-state index contributed by atoms with van der Waals surface area (Å²) in [5.41, 5.74) is 0. The molecular weight excluding hydrogens is 127 g/mol. The molecule has 0 radical (unpaired) electrons. The Hall–Kier alpha value is 0.150. The molecule has 1 N–H and O–H groups in total. The second-order valence-electron chi connectivity index (χ2n) is 1.37. The minimum absolute atomic E-state index is 0.195. The molecule has 0 aromatic heterocycles. The number of hydrogen-bond donors (Lipinski definition) is 1. The lowest BCUT2D eigenvalue weighted by atomic mass is 10.9. The van der Waals surface area contributed by atoms with E-state index in [2.05, 4.69) is 4.52 Å². The summed E-state index contributed by atoms with van der Waals surface area (Å²) in [6.07, 6.45) is 0.195. The summed E-state index contributed by atoms with van der Waals surface area (Å²) < 4.78 is 15.0. The first-order valence-corrected chi connectivity index (χ1v) is 4.35. The fourth-order valence-corrected chi connectivity index (χ4v) is 0.879. The summed E-state index contributed by atoms with van der Waals surface area (Å²) in [5.74, 6) is 0. The lowest BCUT2D eigenvalue weighted by Crippen LogP contribution is -1.89. The minimum atomic E-state index is -3.17. The van der Waals surface area contributed by atoms with Crippen LogP contribution in [0, 0.1) is 0 Å². The topological polar surface area (TPSA) is 46.5 Å². The lowest BCUT2D eigenvalue weighted by molar-refractivity contribution is 0.275. The third-order valence-electron chi connectivity index (χ3n) is 0.730. The zero-order chi connectivity index (χ0) is 6.62. The van der Waals surface area contributed by atoms with Crippen LogP contribution in [0.5, 0.6) is 0 Å². The minimum Gasteiger partial charge on any atom is -0.324 e. The maximum Gasteiger partial charge on any atom is 0.327 e. The highest BCUT2D eigenvalue weighted by Gasteiger charge is 2.12. The van der Waals surface area contributed by atoms with Gasteiger partial charge in [0, 0.05) is 6.16 Å². The molecule has 0 aromatic carbocycles. The second kappa shape index (κ2) is 3.23. The van der Waals surface area contributed by atoms with E-state index in [0.717, 1.165) is 0 Å². The van der Waals surface area contributed by atoms with Gasteiger partial charge in [-0.15, -0.1) is 0 Å². The molecule has 0 aliphatic carbocycles. The van der Waals surface area contributed by atoms with E-state index in [0.29, 0.717) is 6.61 Å². The molecule has 50 valence electrons. The molecule has 3 nitrogen and oxygen atoms in total. The van der Waals surface area contributed by atoms with Crippen molar-refractivity contribution in [3.63, 3.8) is 0 Å². The molecule has 0 fully saturated rings. The van der Waals surface area contributed by atoms with Gasteiger partial charge in [0.25, 0.3) is 0 Å². The SMILES string of the molecule is CCOP(=O)(O)CC. The maximum atomic E-state index is 10.5. The Kier molecular flexibility index (Phi) is 3.29. The highest BCUT2D eigenvalue weighted by molar-refractivity contribution is 7.52. The molecular formula is C4H11O3P. The molecule has 4 heteroatoms. The molecule has 0 aromatic rings. The van der Waals surface area contributed by atoms with E-state index < -0.39 is 7.60 Å². The molecule has 0 aliphatic heterocycles. The van der Waals surface area contributed by atoms with E-state index in [9.17, 15) is 4.57 Å². The number of hydrogen-bond acceptors (Lipinski definition) is 2. The molecule has 1 atom stereocenters.